The molecule has 0 fully saturated rings. The van der Waals surface area contributed by atoms with Crippen LogP contribution in [0.2, 0.25) is 0 Å². The predicted molar refractivity (Wildman–Crippen MR) is 131 cm³/mol. The van der Waals surface area contributed by atoms with E-state index in [2.05, 4.69) is 0 Å². The minimum atomic E-state index is -1.14. The number of aliphatic hydroxyl groups is 2. The Hall–Kier alpha value is -3.23. The number of hydrogen-bond acceptors (Lipinski definition) is 7. The lowest BCUT2D eigenvalue weighted by molar-refractivity contribution is -0.145. The van der Waals surface area contributed by atoms with Crippen molar-refractivity contribution in [3.63, 3.8) is 0 Å². The summed E-state index contributed by atoms with van der Waals surface area (Å²) in [6, 6.07) is 7.70. The van der Waals surface area contributed by atoms with Gasteiger partial charge in [-0.1, -0.05) is 38.1 Å². The van der Waals surface area contributed by atoms with Crippen LogP contribution < -0.4 is 9.47 Å². The Balaban J connectivity index is 2.55. The highest BCUT2D eigenvalue weighted by atomic mass is 19.1. The Morgan fingerprint density at radius 2 is 1.86 bits per heavy atom. The van der Waals surface area contributed by atoms with Gasteiger partial charge in [0.05, 0.1) is 26.4 Å². The van der Waals surface area contributed by atoms with Gasteiger partial charge in [0.25, 0.3) is 0 Å². The van der Waals surface area contributed by atoms with E-state index in [4.69, 9.17) is 14.2 Å². The number of esters is 1. The van der Waals surface area contributed by atoms with Gasteiger partial charge in [0, 0.05) is 12.0 Å². The summed E-state index contributed by atoms with van der Waals surface area (Å²) >= 11 is 0. The lowest BCUT2D eigenvalue weighted by Gasteiger charge is -2.22. The Morgan fingerprint density at radius 1 is 1.17 bits per heavy atom. The maximum atomic E-state index is 13.7. The minimum Gasteiger partial charge on any atom is -0.493 e. The van der Waals surface area contributed by atoms with Crippen molar-refractivity contribution in [2.24, 2.45) is 0 Å². The highest BCUT2D eigenvalue weighted by Gasteiger charge is 2.22. The van der Waals surface area contributed by atoms with Crippen molar-refractivity contribution in [2.75, 3.05) is 26.9 Å². The van der Waals surface area contributed by atoms with Crippen molar-refractivity contribution in [1.82, 2.24) is 0 Å². The van der Waals surface area contributed by atoms with Crippen molar-refractivity contribution < 1.29 is 38.4 Å². The SMILES string of the molecule is CCOC(=O)CC(=O)CC(O)C=Cc1c(C(C)C)cc(OC)c(OCCO)c1-c1ccc(F)cc1. The topological polar surface area (TPSA) is 102 Å². The monoisotopic (exact) mass is 488 g/mol. The fourth-order valence-corrected chi connectivity index (χ4v) is 3.63. The van der Waals surface area contributed by atoms with Crippen LogP contribution in [0.1, 0.15) is 50.7 Å². The van der Waals surface area contributed by atoms with Gasteiger partial charge in [0.15, 0.2) is 11.5 Å². The summed E-state index contributed by atoms with van der Waals surface area (Å²) in [7, 11) is 1.51. The van der Waals surface area contributed by atoms with Gasteiger partial charge in [0.2, 0.25) is 0 Å². The first kappa shape index (κ1) is 28.0. The Morgan fingerprint density at radius 3 is 2.43 bits per heavy atom. The number of ether oxygens (including phenoxy) is 3. The molecule has 0 radical (unpaired) electrons. The fourth-order valence-electron chi connectivity index (χ4n) is 3.63. The zero-order chi connectivity index (χ0) is 26.0. The predicted octanol–water partition coefficient (Wildman–Crippen LogP) is 4.28. The molecule has 2 rings (SSSR count). The second-order valence-corrected chi connectivity index (χ2v) is 8.17. The van der Waals surface area contributed by atoms with Crippen LogP contribution in [-0.2, 0) is 14.3 Å². The Bertz CT molecular complexity index is 1030. The largest absolute Gasteiger partial charge is 0.493 e. The number of aliphatic hydroxyl groups excluding tert-OH is 2. The van der Waals surface area contributed by atoms with Crippen molar-refractivity contribution in [2.45, 2.75) is 45.6 Å². The molecule has 2 aromatic carbocycles. The summed E-state index contributed by atoms with van der Waals surface area (Å²) in [6.07, 6.45) is 1.36. The molecule has 0 heterocycles. The van der Waals surface area contributed by atoms with Crippen LogP contribution in [0.3, 0.4) is 0 Å². The van der Waals surface area contributed by atoms with E-state index in [0.29, 0.717) is 28.2 Å². The number of methoxy groups -OCH3 is 1. The number of ketones is 1. The second kappa shape index (κ2) is 13.6. The van der Waals surface area contributed by atoms with Crippen LogP contribution in [0, 0.1) is 5.82 Å². The van der Waals surface area contributed by atoms with E-state index in [1.165, 1.54) is 25.3 Å². The molecule has 0 saturated carbocycles. The van der Waals surface area contributed by atoms with Crippen LogP contribution in [0.5, 0.6) is 11.5 Å². The van der Waals surface area contributed by atoms with E-state index in [1.54, 1.807) is 25.1 Å². The molecule has 35 heavy (non-hydrogen) atoms. The highest BCUT2D eigenvalue weighted by Crippen LogP contribution is 2.45. The molecule has 2 aromatic rings. The van der Waals surface area contributed by atoms with Crippen LogP contribution in [0.15, 0.2) is 36.4 Å². The number of benzene rings is 2. The Kier molecular flexibility index (Phi) is 10.9. The van der Waals surface area contributed by atoms with Gasteiger partial charge in [-0.2, -0.15) is 0 Å². The van der Waals surface area contributed by atoms with E-state index in [1.807, 2.05) is 19.9 Å². The lowest BCUT2D eigenvalue weighted by atomic mass is 9.88. The van der Waals surface area contributed by atoms with Crippen molar-refractivity contribution in [3.8, 4) is 22.6 Å². The Labute approximate surface area is 205 Å². The number of rotatable bonds is 13. The van der Waals surface area contributed by atoms with E-state index in [0.717, 1.165) is 5.56 Å². The quantitative estimate of drug-likeness (QED) is 0.320. The summed E-state index contributed by atoms with van der Waals surface area (Å²) in [4.78, 5) is 23.6. The summed E-state index contributed by atoms with van der Waals surface area (Å²) in [5.41, 5.74) is 2.81. The summed E-state index contributed by atoms with van der Waals surface area (Å²) in [5, 5.41) is 19.8. The molecule has 190 valence electrons. The molecule has 8 heteroatoms. The average Bonchev–Trinajstić information content (AvgIpc) is 2.81. The number of hydrogen-bond donors (Lipinski definition) is 2. The van der Waals surface area contributed by atoms with Crippen molar-refractivity contribution >= 4 is 17.8 Å². The van der Waals surface area contributed by atoms with Gasteiger partial charge >= 0.3 is 5.97 Å². The molecular formula is C27H33FO7. The summed E-state index contributed by atoms with van der Waals surface area (Å²) in [5.74, 6) is -0.613. The number of halogens is 1. The summed E-state index contributed by atoms with van der Waals surface area (Å²) < 4.78 is 29.9. The van der Waals surface area contributed by atoms with Gasteiger partial charge < -0.3 is 24.4 Å². The minimum absolute atomic E-state index is 0.0136. The average molecular weight is 489 g/mol. The van der Waals surface area contributed by atoms with Gasteiger partial charge in [-0.25, -0.2) is 4.39 Å². The van der Waals surface area contributed by atoms with Crippen molar-refractivity contribution in [3.05, 3.63) is 53.4 Å². The van der Waals surface area contributed by atoms with Gasteiger partial charge in [-0.05, 0) is 47.7 Å². The second-order valence-electron chi connectivity index (χ2n) is 8.17. The molecule has 1 atom stereocenters. The van der Waals surface area contributed by atoms with Gasteiger partial charge in [-0.15, -0.1) is 0 Å². The molecule has 0 amide bonds. The number of carbonyl (C=O) groups excluding carboxylic acids is 2. The zero-order valence-electron chi connectivity index (χ0n) is 20.5. The zero-order valence-corrected chi connectivity index (χ0v) is 20.5. The highest BCUT2D eigenvalue weighted by molar-refractivity contribution is 5.96. The molecule has 0 bridgehead atoms. The molecule has 0 aliphatic carbocycles. The van der Waals surface area contributed by atoms with Gasteiger partial charge in [-0.3, -0.25) is 9.59 Å². The van der Waals surface area contributed by atoms with E-state index < -0.39 is 30.1 Å². The first-order valence-electron chi connectivity index (χ1n) is 11.5. The smallest absolute Gasteiger partial charge is 0.313 e. The molecule has 7 nitrogen and oxygen atoms in total. The maximum absolute atomic E-state index is 13.7. The lowest BCUT2D eigenvalue weighted by Crippen LogP contribution is -2.16. The normalized spacial score (nSPS) is 12.1. The first-order chi connectivity index (χ1) is 16.7. The first-order valence-corrected chi connectivity index (χ1v) is 11.5. The van der Waals surface area contributed by atoms with Gasteiger partial charge in [0.1, 0.15) is 24.6 Å². The van der Waals surface area contributed by atoms with Crippen LogP contribution >= 0.6 is 0 Å². The molecule has 1 unspecified atom stereocenters. The molecule has 0 aliphatic heterocycles. The molecule has 0 spiro atoms. The van der Waals surface area contributed by atoms with E-state index in [9.17, 15) is 24.2 Å². The summed E-state index contributed by atoms with van der Waals surface area (Å²) in [6.45, 7) is 5.61. The standard InChI is InChI=1S/C27H33FO7/c1-5-34-25(32)15-21(31)14-20(30)10-11-22-23(17(2)3)16-24(33-4)27(35-13-12-29)26(22)18-6-8-19(28)9-7-18/h6-11,16-17,20,29-30H,5,12-15H2,1-4H3. The number of carbonyl (C=O) groups is 2. The fraction of sp³-hybridized carbons (Fsp3) is 0.407. The van der Waals surface area contributed by atoms with Crippen LogP contribution in [0.25, 0.3) is 17.2 Å². The third-order valence-corrected chi connectivity index (χ3v) is 5.20. The maximum Gasteiger partial charge on any atom is 0.313 e. The number of Topliss-reactive ketones (excluding diaryl/α,β-unsaturated/α-hetero) is 1. The molecule has 2 N–H and O–H groups in total. The van der Waals surface area contributed by atoms with E-state index in [-0.39, 0.29) is 32.2 Å². The molecule has 0 aliphatic rings. The molecular weight excluding hydrogens is 455 g/mol. The van der Waals surface area contributed by atoms with Crippen LogP contribution in [-0.4, -0.2) is 55.0 Å². The third-order valence-electron chi connectivity index (χ3n) is 5.20. The molecule has 0 saturated heterocycles. The van der Waals surface area contributed by atoms with Crippen molar-refractivity contribution in [1.29, 1.82) is 0 Å². The third kappa shape index (κ3) is 7.90. The molecule has 0 aromatic heterocycles. The van der Waals surface area contributed by atoms with Crippen LogP contribution in [0.4, 0.5) is 4.39 Å². The van der Waals surface area contributed by atoms with E-state index >= 15 is 0 Å².